The van der Waals surface area contributed by atoms with Gasteiger partial charge in [0.1, 0.15) is 13.2 Å². The molecule has 0 saturated carbocycles. The van der Waals surface area contributed by atoms with Crippen molar-refractivity contribution in [1.29, 1.82) is 0 Å². The molecule has 0 aromatic carbocycles. The number of carbonyl (C=O) groups excluding carboxylic acids is 3. The number of hydrogen-bond donors (Lipinski definition) is 0. The largest absolute Gasteiger partial charge is 0.462 e. The molecule has 0 aliphatic carbocycles. The van der Waals surface area contributed by atoms with Gasteiger partial charge in [-0.3, -0.25) is 14.4 Å². The van der Waals surface area contributed by atoms with E-state index in [9.17, 15) is 14.4 Å². The molecule has 6 heteroatoms. The molecule has 0 N–H and O–H groups in total. The van der Waals surface area contributed by atoms with Crippen LogP contribution in [0.5, 0.6) is 0 Å². The zero-order valence-electron chi connectivity index (χ0n) is 53.6. The summed E-state index contributed by atoms with van der Waals surface area (Å²) < 4.78 is 17.0. The Hall–Kier alpha value is -2.89. The minimum atomic E-state index is -0.772. The Morgan fingerprint density at radius 3 is 0.762 bits per heavy atom. The highest BCUT2D eigenvalue weighted by atomic mass is 16.6. The summed E-state index contributed by atoms with van der Waals surface area (Å²) in [7, 11) is 0. The predicted octanol–water partition coefficient (Wildman–Crippen LogP) is 24.3. The molecule has 0 bridgehead atoms. The number of rotatable bonds is 65. The minimum Gasteiger partial charge on any atom is -0.462 e. The Labute approximate surface area is 498 Å². The number of carbonyl (C=O) groups is 3. The van der Waals surface area contributed by atoms with Gasteiger partial charge in [-0.1, -0.05) is 351 Å². The van der Waals surface area contributed by atoms with Crippen molar-refractivity contribution in [1.82, 2.24) is 0 Å². The molecule has 0 aromatic heterocycles. The quantitative estimate of drug-likeness (QED) is 0.0261. The molecule has 0 radical (unpaired) electrons. The molecule has 0 aliphatic rings. The zero-order valence-corrected chi connectivity index (χ0v) is 53.6. The lowest BCUT2D eigenvalue weighted by molar-refractivity contribution is -0.167. The van der Waals surface area contributed by atoms with Crippen molar-refractivity contribution in [3.8, 4) is 0 Å². The first-order valence-corrected chi connectivity index (χ1v) is 35.3. The fourth-order valence-electron chi connectivity index (χ4n) is 10.5. The number of esters is 3. The average molecular weight is 1120 g/mol. The molecule has 6 nitrogen and oxygen atoms in total. The third-order valence-electron chi connectivity index (χ3n) is 15.8. The fourth-order valence-corrected chi connectivity index (χ4v) is 10.5. The Morgan fingerprint density at radius 2 is 0.487 bits per heavy atom. The van der Waals surface area contributed by atoms with Crippen LogP contribution < -0.4 is 0 Å². The lowest BCUT2D eigenvalue weighted by atomic mass is 10.0. The molecule has 0 spiro atoms. The van der Waals surface area contributed by atoms with Crippen molar-refractivity contribution in [3.63, 3.8) is 0 Å². The highest BCUT2D eigenvalue weighted by molar-refractivity contribution is 5.71. The van der Waals surface area contributed by atoms with E-state index in [1.54, 1.807) is 0 Å². The molecule has 0 amide bonds. The molecule has 466 valence electrons. The van der Waals surface area contributed by atoms with E-state index in [0.29, 0.717) is 19.3 Å². The van der Waals surface area contributed by atoms with Crippen LogP contribution in [0, 0.1) is 0 Å². The second-order valence-corrected chi connectivity index (χ2v) is 23.8. The maximum absolute atomic E-state index is 12.9. The molecule has 0 saturated heterocycles. The van der Waals surface area contributed by atoms with Gasteiger partial charge in [-0.25, -0.2) is 0 Å². The first-order valence-electron chi connectivity index (χ1n) is 35.3. The minimum absolute atomic E-state index is 0.0693. The summed E-state index contributed by atoms with van der Waals surface area (Å²) in [5, 5.41) is 0. The SMILES string of the molecule is CC/C=C\C/C=C\C/C=C\C/C=C\C/C=C\CCCCCCCCCCCCCC(=O)OCC(COC(=O)CCCCCCCCCCCC)OC(=O)CCCCCCCCCCCCCCCCCCCCCCCCCCC. The van der Waals surface area contributed by atoms with Crippen molar-refractivity contribution >= 4 is 17.9 Å². The van der Waals surface area contributed by atoms with Gasteiger partial charge in [-0.15, -0.1) is 0 Å². The van der Waals surface area contributed by atoms with Gasteiger partial charge in [0.15, 0.2) is 6.10 Å². The van der Waals surface area contributed by atoms with Crippen LogP contribution in [0.15, 0.2) is 60.8 Å². The van der Waals surface area contributed by atoms with Gasteiger partial charge in [0.2, 0.25) is 0 Å². The van der Waals surface area contributed by atoms with Crippen molar-refractivity contribution in [2.45, 2.75) is 380 Å². The van der Waals surface area contributed by atoms with Crippen molar-refractivity contribution in [2.75, 3.05) is 13.2 Å². The smallest absolute Gasteiger partial charge is 0.306 e. The maximum atomic E-state index is 12.9. The van der Waals surface area contributed by atoms with Crippen LogP contribution in [-0.4, -0.2) is 37.2 Å². The Kier molecular flexibility index (Phi) is 66.1. The normalized spacial score (nSPS) is 12.4. The molecular formula is C74H134O6. The fraction of sp³-hybridized carbons (Fsp3) is 0.824. The number of allylic oxidation sites excluding steroid dienone is 10. The third-order valence-corrected chi connectivity index (χ3v) is 15.8. The van der Waals surface area contributed by atoms with Crippen LogP contribution in [-0.2, 0) is 28.6 Å². The summed E-state index contributed by atoms with van der Waals surface area (Å²) in [4.78, 5) is 38.3. The number of hydrogen-bond acceptors (Lipinski definition) is 6. The summed E-state index contributed by atoms with van der Waals surface area (Å²) in [6, 6.07) is 0. The molecule has 0 heterocycles. The zero-order chi connectivity index (χ0) is 57.8. The first-order chi connectivity index (χ1) is 39.5. The van der Waals surface area contributed by atoms with Crippen molar-refractivity contribution in [3.05, 3.63) is 60.8 Å². The topological polar surface area (TPSA) is 78.9 Å². The lowest BCUT2D eigenvalue weighted by Crippen LogP contribution is -2.30. The highest BCUT2D eigenvalue weighted by Crippen LogP contribution is 2.18. The molecular weight excluding hydrogens is 985 g/mol. The van der Waals surface area contributed by atoms with Crippen LogP contribution in [0.3, 0.4) is 0 Å². The average Bonchev–Trinajstić information content (AvgIpc) is 3.46. The van der Waals surface area contributed by atoms with Gasteiger partial charge in [0, 0.05) is 19.3 Å². The van der Waals surface area contributed by atoms with E-state index in [4.69, 9.17) is 14.2 Å². The van der Waals surface area contributed by atoms with Gasteiger partial charge < -0.3 is 14.2 Å². The number of unbranched alkanes of at least 4 members (excludes halogenated alkanes) is 44. The van der Waals surface area contributed by atoms with Gasteiger partial charge in [-0.05, 0) is 64.2 Å². The second-order valence-electron chi connectivity index (χ2n) is 23.8. The van der Waals surface area contributed by atoms with E-state index < -0.39 is 6.10 Å². The Morgan fingerprint density at radius 1 is 0.263 bits per heavy atom. The summed E-state index contributed by atoms with van der Waals surface area (Å²) >= 11 is 0. The summed E-state index contributed by atoms with van der Waals surface area (Å²) in [6.07, 6.45) is 88.3. The van der Waals surface area contributed by atoms with Gasteiger partial charge in [0.05, 0.1) is 0 Å². The van der Waals surface area contributed by atoms with Crippen LogP contribution >= 0.6 is 0 Å². The third kappa shape index (κ3) is 65.9. The second kappa shape index (κ2) is 68.6. The summed E-state index contributed by atoms with van der Waals surface area (Å²) in [6.45, 7) is 6.58. The molecule has 1 unspecified atom stereocenters. The van der Waals surface area contributed by atoms with E-state index >= 15 is 0 Å². The van der Waals surface area contributed by atoms with E-state index in [1.807, 2.05) is 0 Å². The van der Waals surface area contributed by atoms with Crippen LogP contribution in [0.4, 0.5) is 0 Å². The lowest BCUT2D eigenvalue weighted by Gasteiger charge is -2.18. The van der Waals surface area contributed by atoms with Gasteiger partial charge in [-0.2, -0.15) is 0 Å². The summed E-state index contributed by atoms with van der Waals surface area (Å²) in [5.41, 5.74) is 0. The van der Waals surface area contributed by atoms with E-state index in [0.717, 1.165) is 89.9 Å². The van der Waals surface area contributed by atoms with Crippen LogP contribution in [0.2, 0.25) is 0 Å². The van der Waals surface area contributed by atoms with Crippen LogP contribution in [0.1, 0.15) is 374 Å². The molecule has 0 aliphatic heterocycles. The van der Waals surface area contributed by atoms with E-state index in [2.05, 4.69) is 81.5 Å². The first kappa shape index (κ1) is 77.1. The standard InChI is InChI=1S/C74H134O6/c1-4-7-10-13-16-19-22-24-26-28-30-32-34-36-37-39-40-42-44-46-48-50-52-55-58-61-64-67-73(76)79-70-71(69-78-72(75)66-63-60-57-54-21-18-15-12-9-6-3)80-74(77)68-65-62-59-56-53-51-49-47-45-43-41-38-35-33-31-29-27-25-23-20-17-14-11-8-5-2/h7,10,16,19,24,26,30,32,36-37,71H,4-6,8-9,11-15,17-18,20-23,25,27-29,31,33-35,38-70H2,1-3H3/b10-7-,19-16-,26-24-,32-30-,37-36-. The molecule has 0 aromatic rings. The maximum Gasteiger partial charge on any atom is 0.306 e. The number of ether oxygens (including phenoxy) is 3. The summed E-state index contributed by atoms with van der Waals surface area (Å²) in [5.74, 6) is -0.849. The van der Waals surface area contributed by atoms with Gasteiger partial charge in [0.25, 0.3) is 0 Å². The Balaban J connectivity index is 4.16. The predicted molar refractivity (Wildman–Crippen MR) is 348 cm³/mol. The molecule has 1 atom stereocenters. The van der Waals surface area contributed by atoms with Crippen molar-refractivity contribution in [2.24, 2.45) is 0 Å². The van der Waals surface area contributed by atoms with Gasteiger partial charge >= 0.3 is 17.9 Å². The Bertz CT molecular complexity index is 1430. The van der Waals surface area contributed by atoms with E-state index in [-0.39, 0.29) is 31.1 Å². The van der Waals surface area contributed by atoms with Crippen LogP contribution in [0.25, 0.3) is 0 Å². The molecule has 80 heavy (non-hydrogen) atoms. The highest BCUT2D eigenvalue weighted by Gasteiger charge is 2.19. The molecule has 0 rings (SSSR count). The van der Waals surface area contributed by atoms with Crippen molar-refractivity contribution < 1.29 is 28.6 Å². The van der Waals surface area contributed by atoms with E-state index in [1.165, 1.54) is 244 Å². The molecule has 0 fully saturated rings. The monoisotopic (exact) mass is 1120 g/mol.